The molecule has 0 saturated carbocycles. The van der Waals surface area contributed by atoms with Crippen molar-refractivity contribution in [2.45, 2.75) is 13.1 Å². The van der Waals surface area contributed by atoms with Crippen molar-refractivity contribution in [1.29, 1.82) is 0 Å². The van der Waals surface area contributed by atoms with Crippen LogP contribution in [0.2, 0.25) is 0 Å². The standard InChI is InChI=1S/C50H32N2O2/c53-49-47(43-33-51(31-39-17-9-3-10-18-39)45-27-25-37(29-41(43)45)23-21-35-13-5-1-6-14-35)50(54)48(49)44-34-52(32-40-19-11-4-12-20-40)46-28-26-38(30-42(44)46)24-22-36-15-7-2-8-16-36/h1-20,25-30,33-34H,31-32H2/p+1. The van der Waals surface area contributed by atoms with Gasteiger partial charge in [0.2, 0.25) is 11.5 Å². The lowest BCUT2D eigenvalue weighted by Gasteiger charge is -2.22. The molecule has 0 spiro atoms. The molecule has 4 nitrogen and oxygen atoms in total. The fraction of sp³-hybridized carbons (Fsp3) is 0.0400. The lowest BCUT2D eigenvalue weighted by Crippen LogP contribution is -2.23. The van der Waals surface area contributed by atoms with Gasteiger partial charge < -0.3 is 9.67 Å². The van der Waals surface area contributed by atoms with Gasteiger partial charge in [-0.1, -0.05) is 121 Å². The number of ketones is 1. The van der Waals surface area contributed by atoms with Gasteiger partial charge in [0.05, 0.1) is 22.3 Å². The summed E-state index contributed by atoms with van der Waals surface area (Å²) in [6, 6.07) is 52.4. The fourth-order valence-electron chi connectivity index (χ4n) is 7.20. The summed E-state index contributed by atoms with van der Waals surface area (Å²) >= 11 is 0. The first-order chi connectivity index (χ1) is 26.6. The van der Waals surface area contributed by atoms with Crippen molar-refractivity contribution in [2.75, 3.05) is 0 Å². The van der Waals surface area contributed by atoms with Crippen molar-refractivity contribution in [2.24, 2.45) is 0 Å². The minimum absolute atomic E-state index is 0.000863. The summed E-state index contributed by atoms with van der Waals surface area (Å²) < 4.78 is 4.28. The van der Waals surface area contributed by atoms with Crippen LogP contribution in [-0.2, 0) is 17.9 Å². The molecule has 254 valence electrons. The molecular weight excluding hydrogens is 661 g/mol. The lowest BCUT2D eigenvalue weighted by atomic mass is 9.79. The zero-order chi connectivity index (χ0) is 36.4. The number of carbonyl (C=O) groups is 1. The second kappa shape index (κ2) is 14.0. The molecule has 0 unspecified atom stereocenters. The number of nitrogens with zero attached hydrogens (tertiary/aromatic N) is 2. The maximum absolute atomic E-state index is 14.5. The van der Waals surface area contributed by atoms with E-state index < -0.39 is 0 Å². The number of allylic oxidation sites excluding steroid dienone is 3. The first-order valence-corrected chi connectivity index (χ1v) is 17.9. The molecule has 2 aliphatic rings. The van der Waals surface area contributed by atoms with E-state index in [0.29, 0.717) is 35.4 Å². The molecule has 0 amide bonds. The Hall–Kier alpha value is -7.40. The summed E-state index contributed by atoms with van der Waals surface area (Å²) in [6.07, 6.45) is 3.98. The Labute approximate surface area is 314 Å². The molecule has 54 heavy (non-hydrogen) atoms. The number of benzene rings is 6. The highest BCUT2D eigenvalue weighted by molar-refractivity contribution is 6.45. The molecular formula is C50H33N2O2+. The van der Waals surface area contributed by atoms with Crippen LogP contribution in [0.4, 0.5) is 5.69 Å². The molecule has 2 heterocycles. The topological polar surface area (TPSA) is 45.2 Å². The maximum atomic E-state index is 14.5. The van der Waals surface area contributed by atoms with Crippen molar-refractivity contribution < 1.29 is 14.5 Å². The summed E-state index contributed by atoms with van der Waals surface area (Å²) in [5.74, 6) is 12.9. The average Bonchev–Trinajstić information content (AvgIpc) is 3.74. The van der Waals surface area contributed by atoms with Gasteiger partial charge in [0.1, 0.15) is 5.76 Å². The quantitative estimate of drug-likeness (QED) is 0.111. The smallest absolute Gasteiger partial charge is 0.213 e. The van der Waals surface area contributed by atoms with E-state index in [0.717, 1.165) is 55.5 Å². The molecule has 1 aromatic heterocycles. The second-order valence-electron chi connectivity index (χ2n) is 13.4. The Morgan fingerprint density at radius 1 is 0.556 bits per heavy atom. The van der Waals surface area contributed by atoms with Gasteiger partial charge in [-0.3, -0.25) is 4.79 Å². The van der Waals surface area contributed by atoms with Gasteiger partial charge in [-0.15, -0.1) is 0 Å². The number of Topliss-reactive ketones (excluding diaryl/α,β-unsaturated/α-hetero) is 1. The highest BCUT2D eigenvalue weighted by atomic mass is 16.3. The summed E-state index contributed by atoms with van der Waals surface area (Å²) in [5, 5.41) is 12.8. The van der Waals surface area contributed by atoms with Crippen molar-refractivity contribution in [3.05, 3.63) is 220 Å². The highest BCUT2D eigenvalue weighted by Crippen LogP contribution is 2.45. The van der Waals surface area contributed by atoms with Crippen molar-refractivity contribution in [3.8, 4) is 23.7 Å². The zero-order valence-corrected chi connectivity index (χ0v) is 29.3. The molecule has 9 rings (SSSR count). The van der Waals surface area contributed by atoms with E-state index in [9.17, 15) is 9.90 Å². The van der Waals surface area contributed by atoms with E-state index in [-0.39, 0.29) is 11.5 Å². The first kappa shape index (κ1) is 32.5. The van der Waals surface area contributed by atoms with Crippen LogP contribution in [0.25, 0.3) is 22.0 Å². The van der Waals surface area contributed by atoms with Crippen LogP contribution in [0.1, 0.15) is 44.5 Å². The van der Waals surface area contributed by atoms with Crippen LogP contribution in [0.15, 0.2) is 175 Å². The maximum Gasteiger partial charge on any atom is 0.213 e. The third-order valence-corrected chi connectivity index (χ3v) is 9.87. The van der Waals surface area contributed by atoms with Crippen LogP contribution in [0.5, 0.6) is 0 Å². The lowest BCUT2D eigenvalue weighted by molar-refractivity contribution is -0.449. The van der Waals surface area contributed by atoms with E-state index in [4.69, 9.17) is 0 Å². The molecule has 7 aromatic rings. The minimum Gasteiger partial charge on any atom is -0.506 e. The summed E-state index contributed by atoms with van der Waals surface area (Å²) in [7, 11) is 0. The van der Waals surface area contributed by atoms with Gasteiger partial charge in [-0.05, 0) is 60.2 Å². The van der Waals surface area contributed by atoms with E-state index in [2.05, 4.69) is 69.2 Å². The molecule has 1 aliphatic heterocycles. The Bertz CT molecular complexity index is 2820. The Kier molecular flexibility index (Phi) is 8.40. The van der Waals surface area contributed by atoms with Crippen molar-refractivity contribution in [1.82, 2.24) is 4.57 Å². The molecule has 0 saturated heterocycles. The van der Waals surface area contributed by atoms with Gasteiger partial charge in [-0.25, -0.2) is 0 Å². The predicted octanol–water partition coefficient (Wildman–Crippen LogP) is 9.72. The van der Waals surface area contributed by atoms with Gasteiger partial charge in [0, 0.05) is 63.1 Å². The average molecular weight is 694 g/mol. The first-order valence-electron chi connectivity index (χ1n) is 17.9. The fourth-order valence-corrected chi connectivity index (χ4v) is 7.20. The number of hydrogen-bond donors (Lipinski definition) is 1. The third-order valence-electron chi connectivity index (χ3n) is 9.87. The van der Waals surface area contributed by atoms with E-state index in [1.165, 1.54) is 0 Å². The Balaban J connectivity index is 1.17. The largest absolute Gasteiger partial charge is 0.506 e. The number of carbonyl (C=O) groups excluding carboxylic acids is 1. The molecule has 0 bridgehead atoms. The van der Waals surface area contributed by atoms with Gasteiger partial charge in [0.25, 0.3) is 0 Å². The molecule has 1 aliphatic carbocycles. The number of aliphatic hydroxyl groups excluding tert-OH is 1. The summed E-state index contributed by atoms with van der Waals surface area (Å²) in [6.45, 7) is 1.23. The van der Waals surface area contributed by atoms with Crippen molar-refractivity contribution >= 4 is 39.7 Å². The highest BCUT2D eigenvalue weighted by Gasteiger charge is 2.42. The van der Waals surface area contributed by atoms with Crippen molar-refractivity contribution in [3.63, 3.8) is 0 Å². The second-order valence-corrected chi connectivity index (χ2v) is 13.4. The molecule has 1 N–H and O–H groups in total. The van der Waals surface area contributed by atoms with Crippen LogP contribution >= 0.6 is 0 Å². The molecule has 4 heteroatoms. The van der Waals surface area contributed by atoms with Gasteiger partial charge in [0.15, 0.2) is 12.8 Å². The Morgan fingerprint density at radius 2 is 1.11 bits per heavy atom. The number of hydrogen-bond acceptors (Lipinski definition) is 2. The van der Waals surface area contributed by atoms with Crippen LogP contribution in [-0.4, -0.2) is 26.2 Å². The minimum atomic E-state index is -0.188. The number of fused-ring (bicyclic) bond motifs is 2. The SMILES string of the molecule is O=C1C(=C2C=[N+](Cc3ccccc3)c3ccc(C#Cc4ccccc4)cc32)C(O)=C1c1cn(Cc2ccccc2)c2ccc(C#Cc3ccccc3)cc12. The third kappa shape index (κ3) is 6.24. The zero-order valence-electron chi connectivity index (χ0n) is 29.3. The number of aliphatic hydroxyl groups is 1. The monoisotopic (exact) mass is 693 g/mol. The Morgan fingerprint density at radius 3 is 1.74 bits per heavy atom. The summed E-state index contributed by atoms with van der Waals surface area (Å²) in [5.41, 5.74) is 10.6. The predicted molar refractivity (Wildman–Crippen MR) is 216 cm³/mol. The number of rotatable bonds is 5. The van der Waals surface area contributed by atoms with Crippen LogP contribution < -0.4 is 0 Å². The van der Waals surface area contributed by atoms with Gasteiger partial charge in [-0.2, -0.15) is 4.58 Å². The molecule has 0 fully saturated rings. The number of aromatic nitrogens is 1. The molecule has 0 atom stereocenters. The van der Waals surface area contributed by atoms with E-state index in [1.807, 2.05) is 134 Å². The summed E-state index contributed by atoms with van der Waals surface area (Å²) in [4.78, 5) is 14.5. The van der Waals surface area contributed by atoms with Crippen LogP contribution in [0, 0.1) is 23.7 Å². The van der Waals surface area contributed by atoms with E-state index in [1.54, 1.807) is 0 Å². The molecule has 6 aromatic carbocycles. The van der Waals surface area contributed by atoms with Crippen LogP contribution in [0.3, 0.4) is 0 Å². The molecule has 0 radical (unpaired) electrons. The normalized spacial score (nSPS) is 14.4. The van der Waals surface area contributed by atoms with E-state index >= 15 is 0 Å². The van der Waals surface area contributed by atoms with Gasteiger partial charge >= 0.3 is 0 Å².